The molecule has 0 saturated carbocycles. The number of aliphatic imine (C=N–C) groups is 1. The van der Waals surface area contributed by atoms with E-state index in [0.717, 1.165) is 6.07 Å². The minimum Gasteiger partial charge on any atom is -0.497 e. The summed E-state index contributed by atoms with van der Waals surface area (Å²) in [5, 5.41) is 5.89. The van der Waals surface area contributed by atoms with Crippen LogP contribution in [0.15, 0.2) is 35.8 Å². The van der Waals surface area contributed by atoms with E-state index < -0.39 is 11.7 Å². The van der Waals surface area contributed by atoms with Crippen molar-refractivity contribution in [3.05, 3.63) is 42.0 Å². The molecule has 22 heavy (non-hydrogen) atoms. The summed E-state index contributed by atoms with van der Waals surface area (Å²) < 4.78 is 44.1. The second kappa shape index (κ2) is 8.31. The van der Waals surface area contributed by atoms with Gasteiger partial charge in [0.25, 0.3) is 0 Å². The van der Waals surface area contributed by atoms with Gasteiger partial charge in [-0.25, -0.2) is 4.99 Å². The first-order chi connectivity index (χ1) is 10.4. The molecule has 0 amide bonds. The normalized spacial score (nSPS) is 12.0. The van der Waals surface area contributed by atoms with Gasteiger partial charge in [0.1, 0.15) is 5.75 Å². The van der Waals surface area contributed by atoms with Gasteiger partial charge in [-0.15, -0.1) is 6.58 Å². The summed E-state index contributed by atoms with van der Waals surface area (Å²) in [5.74, 6) is 0.600. The van der Waals surface area contributed by atoms with Gasteiger partial charge in [0.15, 0.2) is 5.96 Å². The van der Waals surface area contributed by atoms with Gasteiger partial charge < -0.3 is 15.4 Å². The van der Waals surface area contributed by atoms with E-state index in [4.69, 9.17) is 4.74 Å². The Balaban J connectivity index is 3.02. The van der Waals surface area contributed by atoms with E-state index in [1.807, 2.05) is 6.92 Å². The molecule has 0 fully saturated rings. The average molecular weight is 315 g/mol. The largest absolute Gasteiger partial charge is 0.497 e. The molecule has 0 saturated heterocycles. The number of nitrogens with zero attached hydrogens (tertiary/aromatic N) is 1. The number of guanidine groups is 1. The lowest BCUT2D eigenvalue weighted by atomic mass is 10.1. The number of hydrogen-bond donors (Lipinski definition) is 2. The summed E-state index contributed by atoms with van der Waals surface area (Å²) in [4.78, 5) is 4.16. The highest BCUT2D eigenvalue weighted by molar-refractivity contribution is 5.79. The summed E-state index contributed by atoms with van der Waals surface area (Å²) >= 11 is 0. The molecule has 1 aromatic rings. The van der Waals surface area contributed by atoms with Gasteiger partial charge in [0, 0.05) is 13.1 Å². The topological polar surface area (TPSA) is 45.7 Å². The molecule has 122 valence electrons. The molecule has 4 nitrogen and oxygen atoms in total. The van der Waals surface area contributed by atoms with Gasteiger partial charge in [-0.2, -0.15) is 13.2 Å². The zero-order chi connectivity index (χ0) is 16.6. The second-order valence-electron chi connectivity index (χ2n) is 4.39. The molecule has 0 heterocycles. The fourth-order valence-corrected chi connectivity index (χ4v) is 1.76. The quantitative estimate of drug-likeness (QED) is 0.482. The highest BCUT2D eigenvalue weighted by atomic mass is 19.4. The summed E-state index contributed by atoms with van der Waals surface area (Å²) in [7, 11) is 1.33. The van der Waals surface area contributed by atoms with Crippen molar-refractivity contribution in [2.24, 2.45) is 4.99 Å². The number of methoxy groups -OCH3 is 1. The maximum atomic E-state index is 13.1. The number of alkyl halides is 3. The Morgan fingerprint density at radius 2 is 2.09 bits per heavy atom. The maximum Gasteiger partial charge on any atom is 0.416 e. The summed E-state index contributed by atoms with van der Waals surface area (Å²) in [6.45, 7) is 6.43. The summed E-state index contributed by atoms with van der Waals surface area (Å²) in [6.07, 6.45) is -2.81. The zero-order valence-electron chi connectivity index (χ0n) is 12.6. The second-order valence-corrected chi connectivity index (χ2v) is 4.39. The Kier molecular flexibility index (Phi) is 6.75. The molecule has 1 rings (SSSR count). The molecule has 0 aliphatic carbocycles. The number of ether oxygens (including phenoxy) is 1. The van der Waals surface area contributed by atoms with Gasteiger partial charge in [-0.05, 0) is 24.6 Å². The molecular weight excluding hydrogens is 295 g/mol. The van der Waals surface area contributed by atoms with E-state index >= 15 is 0 Å². The van der Waals surface area contributed by atoms with Gasteiger partial charge in [0.05, 0.1) is 19.2 Å². The monoisotopic (exact) mass is 315 g/mol. The lowest BCUT2D eigenvalue weighted by Gasteiger charge is -2.14. The van der Waals surface area contributed by atoms with Crippen LogP contribution in [0.3, 0.4) is 0 Å². The third-order valence-electron chi connectivity index (χ3n) is 2.79. The number of hydrogen-bond acceptors (Lipinski definition) is 2. The lowest BCUT2D eigenvalue weighted by molar-refractivity contribution is -0.138. The highest BCUT2D eigenvalue weighted by Gasteiger charge is 2.33. The van der Waals surface area contributed by atoms with Crippen LogP contribution < -0.4 is 15.4 Å². The third kappa shape index (κ3) is 5.31. The smallest absolute Gasteiger partial charge is 0.416 e. The molecule has 0 unspecified atom stereocenters. The molecule has 0 radical (unpaired) electrons. The Morgan fingerprint density at radius 3 is 2.64 bits per heavy atom. The van der Waals surface area contributed by atoms with Crippen LogP contribution in [0.1, 0.15) is 18.1 Å². The van der Waals surface area contributed by atoms with Crippen molar-refractivity contribution >= 4 is 5.96 Å². The first-order valence-electron chi connectivity index (χ1n) is 6.79. The van der Waals surface area contributed by atoms with Crippen molar-refractivity contribution < 1.29 is 17.9 Å². The van der Waals surface area contributed by atoms with Crippen LogP contribution in [-0.2, 0) is 12.7 Å². The first kappa shape index (κ1) is 17.9. The van der Waals surface area contributed by atoms with Crippen molar-refractivity contribution in [3.8, 4) is 5.75 Å². The standard InChI is InChI=1S/C15H20F3N3O/c1-4-8-20-14(19-5-2)21-10-11-6-7-12(22-3)9-13(11)15(16,17)18/h4,6-7,9H,1,5,8,10H2,2-3H3,(H2,19,20,21). The molecule has 1 aromatic carbocycles. The highest BCUT2D eigenvalue weighted by Crippen LogP contribution is 2.34. The average Bonchev–Trinajstić information content (AvgIpc) is 2.49. The zero-order valence-corrected chi connectivity index (χ0v) is 12.6. The van der Waals surface area contributed by atoms with Gasteiger partial charge in [-0.1, -0.05) is 12.1 Å². The van der Waals surface area contributed by atoms with Crippen molar-refractivity contribution in [2.75, 3.05) is 20.2 Å². The Morgan fingerprint density at radius 1 is 1.36 bits per heavy atom. The number of rotatable bonds is 6. The summed E-state index contributed by atoms with van der Waals surface area (Å²) in [6, 6.07) is 3.85. The lowest BCUT2D eigenvalue weighted by Crippen LogP contribution is -2.37. The molecule has 7 heteroatoms. The van der Waals surface area contributed by atoms with Gasteiger partial charge in [-0.3, -0.25) is 0 Å². The third-order valence-corrected chi connectivity index (χ3v) is 2.79. The summed E-state index contributed by atoms with van der Waals surface area (Å²) in [5.41, 5.74) is -0.653. The fraction of sp³-hybridized carbons (Fsp3) is 0.400. The Labute approximate surface area is 128 Å². The van der Waals surface area contributed by atoms with E-state index in [1.165, 1.54) is 19.2 Å². The molecule has 2 N–H and O–H groups in total. The van der Waals surface area contributed by atoms with Crippen LogP contribution in [0.25, 0.3) is 0 Å². The van der Waals surface area contributed by atoms with Gasteiger partial charge in [0.2, 0.25) is 0 Å². The SMILES string of the molecule is C=CCNC(=NCc1ccc(OC)cc1C(F)(F)F)NCC. The maximum absolute atomic E-state index is 13.1. The molecule has 0 bridgehead atoms. The minimum atomic E-state index is -4.45. The Hall–Kier alpha value is -2.18. The van der Waals surface area contributed by atoms with Crippen LogP contribution in [-0.4, -0.2) is 26.2 Å². The molecule has 0 aliphatic heterocycles. The first-order valence-corrected chi connectivity index (χ1v) is 6.79. The van der Waals surface area contributed by atoms with E-state index in [-0.39, 0.29) is 17.9 Å². The van der Waals surface area contributed by atoms with Crippen molar-refractivity contribution in [1.82, 2.24) is 10.6 Å². The molecule has 0 spiro atoms. The van der Waals surface area contributed by atoms with Crippen LogP contribution >= 0.6 is 0 Å². The number of benzene rings is 1. The molecule has 0 aromatic heterocycles. The minimum absolute atomic E-state index is 0.0871. The molecular formula is C15H20F3N3O. The molecule has 0 atom stereocenters. The van der Waals surface area contributed by atoms with Crippen LogP contribution in [0.5, 0.6) is 5.75 Å². The van der Waals surface area contributed by atoms with Crippen molar-refractivity contribution in [1.29, 1.82) is 0 Å². The van der Waals surface area contributed by atoms with Crippen molar-refractivity contribution in [3.63, 3.8) is 0 Å². The van der Waals surface area contributed by atoms with Crippen molar-refractivity contribution in [2.45, 2.75) is 19.6 Å². The predicted octanol–water partition coefficient (Wildman–Crippen LogP) is 2.96. The van der Waals surface area contributed by atoms with E-state index in [2.05, 4.69) is 22.2 Å². The van der Waals surface area contributed by atoms with Crippen LogP contribution in [0.4, 0.5) is 13.2 Å². The van der Waals surface area contributed by atoms with Crippen LogP contribution in [0.2, 0.25) is 0 Å². The van der Waals surface area contributed by atoms with E-state index in [0.29, 0.717) is 19.0 Å². The van der Waals surface area contributed by atoms with Gasteiger partial charge >= 0.3 is 6.18 Å². The Bertz CT molecular complexity index is 527. The number of nitrogens with one attached hydrogen (secondary N) is 2. The predicted molar refractivity (Wildman–Crippen MR) is 81.0 cm³/mol. The molecule has 0 aliphatic rings. The number of halogens is 3. The van der Waals surface area contributed by atoms with Crippen LogP contribution in [0, 0.1) is 0 Å². The van der Waals surface area contributed by atoms with E-state index in [9.17, 15) is 13.2 Å². The fourth-order valence-electron chi connectivity index (χ4n) is 1.76. The van der Waals surface area contributed by atoms with E-state index in [1.54, 1.807) is 6.08 Å².